The number of carboxylic acid groups (broad SMARTS) is 1. The van der Waals surface area contributed by atoms with Crippen LogP contribution >= 0.6 is 0 Å². The smallest absolute Gasteiger partial charge is 0.328 e. The van der Waals surface area contributed by atoms with E-state index in [4.69, 9.17) is 4.74 Å². The first-order valence-corrected chi connectivity index (χ1v) is 19.0. The van der Waals surface area contributed by atoms with Gasteiger partial charge in [-0.2, -0.15) is 0 Å². The Bertz CT molecular complexity index is 1090. The fourth-order valence-electron chi connectivity index (χ4n) is 6.36. The minimum atomic E-state index is -1.30. The maximum atomic E-state index is 13.6. The second kappa shape index (κ2) is 23.3. The van der Waals surface area contributed by atoms with Gasteiger partial charge in [0, 0.05) is 6.42 Å². The van der Waals surface area contributed by atoms with E-state index in [0.717, 1.165) is 25.7 Å². The van der Waals surface area contributed by atoms with Gasteiger partial charge in [0.1, 0.15) is 30.3 Å². The molecular weight excluding hydrogens is 640 g/mol. The lowest BCUT2D eigenvalue weighted by atomic mass is 9.91. The molecule has 288 valence electrons. The normalized spacial score (nSPS) is 24.3. The van der Waals surface area contributed by atoms with Crippen molar-refractivity contribution in [2.24, 2.45) is 29.6 Å². The average molecular weight is 709 g/mol. The van der Waals surface area contributed by atoms with E-state index < -0.39 is 72.3 Å². The summed E-state index contributed by atoms with van der Waals surface area (Å²) in [5.41, 5.74) is 0. The van der Waals surface area contributed by atoms with Crippen LogP contribution in [0.4, 0.5) is 0 Å². The zero-order chi connectivity index (χ0) is 38.0. The Labute approximate surface area is 300 Å². The topological polar surface area (TPSA) is 180 Å². The van der Waals surface area contributed by atoms with Crippen LogP contribution in [0.25, 0.3) is 0 Å². The van der Waals surface area contributed by atoms with Crippen LogP contribution in [0.5, 0.6) is 0 Å². The quantitative estimate of drug-likeness (QED) is 0.0944. The van der Waals surface area contributed by atoms with Gasteiger partial charge >= 0.3 is 11.9 Å². The second-order valence-corrected chi connectivity index (χ2v) is 15.9. The summed E-state index contributed by atoms with van der Waals surface area (Å²) >= 11 is 0. The van der Waals surface area contributed by atoms with Crippen molar-refractivity contribution < 1.29 is 38.6 Å². The predicted molar refractivity (Wildman–Crippen MR) is 194 cm³/mol. The Kier molecular flexibility index (Phi) is 20.9. The van der Waals surface area contributed by atoms with Gasteiger partial charge in [-0.1, -0.05) is 88.0 Å². The Morgan fingerprint density at radius 1 is 0.680 bits per heavy atom. The summed E-state index contributed by atoms with van der Waals surface area (Å²) in [5, 5.41) is 20.4. The molecule has 5 N–H and O–H groups in total. The summed E-state index contributed by atoms with van der Waals surface area (Å²) in [6, 6.07) is -4.26. The van der Waals surface area contributed by atoms with Gasteiger partial charge in [0.15, 0.2) is 0 Å². The molecule has 0 aromatic carbocycles. The van der Waals surface area contributed by atoms with Crippen molar-refractivity contribution in [3.05, 3.63) is 0 Å². The summed E-state index contributed by atoms with van der Waals surface area (Å²) in [6.07, 6.45) is 5.55. The predicted octanol–water partition coefficient (Wildman–Crippen LogP) is 5.27. The maximum Gasteiger partial charge on any atom is 0.328 e. The molecule has 0 aromatic rings. The van der Waals surface area contributed by atoms with E-state index in [9.17, 15) is 33.9 Å². The molecule has 0 spiro atoms. The number of rotatable bonds is 18. The molecule has 1 fully saturated rings. The van der Waals surface area contributed by atoms with Crippen LogP contribution in [-0.2, 0) is 33.5 Å². The van der Waals surface area contributed by atoms with Crippen LogP contribution in [-0.4, -0.2) is 70.9 Å². The van der Waals surface area contributed by atoms with Gasteiger partial charge in [-0.15, -0.1) is 0 Å². The van der Waals surface area contributed by atoms with E-state index in [1.165, 1.54) is 6.42 Å². The molecule has 12 nitrogen and oxygen atoms in total. The van der Waals surface area contributed by atoms with Crippen LogP contribution in [0, 0.1) is 29.6 Å². The van der Waals surface area contributed by atoms with Crippen molar-refractivity contribution in [3.63, 3.8) is 0 Å². The van der Waals surface area contributed by atoms with Crippen LogP contribution in [0.2, 0.25) is 0 Å². The standard InChI is InChI=1S/C38H68N4O8/c1-10-26(8)21-27(9)14-12-11-13-15-28-22-33(43)39-30(18-23(2)3)35(46)41-32(20-25(6)7)37(48)42-31(19-24(4)5)36(47)40-29(38(49)50-28)16-17-34(44)45/h23-32H,10-22H2,1-9H3,(H,39,43)(H,40,47)(H,41,46)(H,42,48)(H,44,45)/t26-,27-,28-,29+,30+,31+,32+/m1/s1. The largest absolute Gasteiger partial charge is 0.481 e. The molecule has 4 amide bonds. The zero-order valence-corrected chi connectivity index (χ0v) is 32.3. The number of esters is 1. The summed E-state index contributed by atoms with van der Waals surface area (Å²) in [4.78, 5) is 79.4. The van der Waals surface area contributed by atoms with E-state index in [1.54, 1.807) is 0 Å². The number of carboxylic acids is 1. The van der Waals surface area contributed by atoms with Crippen molar-refractivity contribution in [2.45, 2.75) is 176 Å². The number of hydrogen-bond acceptors (Lipinski definition) is 7. The number of carbonyl (C=O) groups is 6. The Balaban J connectivity index is 3.43. The Morgan fingerprint density at radius 2 is 1.16 bits per heavy atom. The van der Waals surface area contributed by atoms with Gasteiger partial charge < -0.3 is 31.1 Å². The summed E-state index contributed by atoms with van der Waals surface area (Å²) in [7, 11) is 0. The molecule has 1 aliphatic heterocycles. The summed E-state index contributed by atoms with van der Waals surface area (Å²) < 4.78 is 5.86. The van der Waals surface area contributed by atoms with Gasteiger partial charge in [-0.25, -0.2) is 4.79 Å². The molecule has 0 aromatic heterocycles. The monoisotopic (exact) mass is 709 g/mol. The molecule has 1 saturated heterocycles. The highest BCUT2D eigenvalue weighted by atomic mass is 16.5. The van der Waals surface area contributed by atoms with E-state index in [0.29, 0.717) is 37.5 Å². The zero-order valence-electron chi connectivity index (χ0n) is 32.3. The maximum absolute atomic E-state index is 13.6. The molecule has 0 aliphatic carbocycles. The first-order chi connectivity index (χ1) is 23.4. The number of amides is 4. The first kappa shape index (κ1) is 44.8. The molecule has 7 atom stereocenters. The molecule has 0 radical (unpaired) electrons. The highest BCUT2D eigenvalue weighted by Crippen LogP contribution is 2.22. The second-order valence-electron chi connectivity index (χ2n) is 15.9. The van der Waals surface area contributed by atoms with Crippen molar-refractivity contribution in [2.75, 3.05) is 0 Å². The highest BCUT2D eigenvalue weighted by molar-refractivity contribution is 5.95. The number of nitrogens with one attached hydrogen (secondary N) is 4. The number of aliphatic carboxylic acids is 1. The Hall–Kier alpha value is -3.18. The van der Waals surface area contributed by atoms with Crippen molar-refractivity contribution in [1.82, 2.24) is 21.3 Å². The molecule has 50 heavy (non-hydrogen) atoms. The van der Waals surface area contributed by atoms with Gasteiger partial charge in [0.25, 0.3) is 0 Å². The molecule has 12 heteroatoms. The molecule has 0 unspecified atom stereocenters. The first-order valence-electron chi connectivity index (χ1n) is 19.0. The van der Waals surface area contributed by atoms with Crippen LogP contribution in [0.15, 0.2) is 0 Å². The number of cyclic esters (lactones) is 1. The summed E-state index contributed by atoms with van der Waals surface area (Å²) in [5.74, 6) is -2.86. The molecule has 0 bridgehead atoms. The minimum absolute atomic E-state index is 0.0196. The van der Waals surface area contributed by atoms with E-state index in [-0.39, 0.29) is 37.0 Å². The minimum Gasteiger partial charge on any atom is -0.481 e. The SMILES string of the molecule is CC[C@@H](C)C[C@H](C)CCCCC[C@@H]1CC(=O)N[C@@H](CC(C)C)C(=O)N[C@@H](CC(C)C)C(=O)N[C@@H](CC(C)C)C(=O)N[C@@H](CCC(=O)O)C(=O)O1. The number of unbranched alkanes of at least 4 members (excludes halogenated alkanes) is 2. The fraction of sp³-hybridized carbons (Fsp3) is 0.842. The van der Waals surface area contributed by atoms with E-state index >= 15 is 0 Å². The lowest BCUT2D eigenvalue weighted by molar-refractivity contribution is -0.155. The molecular formula is C38H68N4O8. The third kappa shape index (κ3) is 18.7. The third-order valence-corrected chi connectivity index (χ3v) is 9.21. The van der Waals surface area contributed by atoms with Gasteiger partial charge in [0.05, 0.1) is 6.42 Å². The molecule has 1 heterocycles. The third-order valence-electron chi connectivity index (χ3n) is 9.21. The van der Waals surface area contributed by atoms with Crippen LogP contribution in [0.1, 0.15) is 146 Å². The van der Waals surface area contributed by atoms with Gasteiger partial charge in [-0.05, 0) is 74.5 Å². The van der Waals surface area contributed by atoms with E-state index in [1.807, 2.05) is 41.5 Å². The lowest BCUT2D eigenvalue weighted by Crippen LogP contribution is -2.58. The van der Waals surface area contributed by atoms with Crippen LogP contribution < -0.4 is 21.3 Å². The van der Waals surface area contributed by atoms with Crippen LogP contribution in [0.3, 0.4) is 0 Å². The van der Waals surface area contributed by atoms with E-state index in [2.05, 4.69) is 42.0 Å². The summed E-state index contributed by atoms with van der Waals surface area (Å²) in [6.45, 7) is 18.2. The van der Waals surface area contributed by atoms with Crippen molar-refractivity contribution >= 4 is 35.6 Å². The molecule has 1 aliphatic rings. The van der Waals surface area contributed by atoms with Crippen molar-refractivity contribution in [3.8, 4) is 0 Å². The fourth-order valence-corrected chi connectivity index (χ4v) is 6.36. The van der Waals surface area contributed by atoms with Gasteiger partial charge in [-0.3, -0.25) is 24.0 Å². The van der Waals surface area contributed by atoms with Gasteiger partial charge in [0.2, 0.25) is 23.6 Å². The molecule has 1 rings (SSSR count). The highest BCUT2D eigenvalue weighted by Gasteiger charge is 2.34. The number of carbonyl (C=O) groups excluding carboxylic acids is 5. The molecule has 0 saturated carbocycles. The lowest BCUT2D eigenvalue weighted by Gasteiger charge is -2.29. The number of hydrogen-bond donors (Lipinski definition) is 5. The Morgan fingerprint density at radius 3 is 1.62 bits per heavy atom. The number of ether oxygens (including phenoxy) is 1. The average Bonchev–Trinajstić information content (AvgIpc) is 3.00. The van der Waals surface area contributed by atoms with Crippen molar-refractivity contribution in [1.29, 1.82) is 0 Å².